The van der Waals surface area contributed by atoms with Crippen LogP contribution in [0.4, 0.5) is 0 Å². The van der Waals surface area contributed by atoms with E-state index < -0.39 is 5.92 Å². The summed E-state index contributed by atoms with van der Waals surface area (Å²) in [5.41, 5.74) is 5.50. The lowest BCUT2D eigenvalue weighted by Crippen LogP contribution is -2.42. The van der Waals surface area contributed by atoms with Gasteiger partial charge in [-0.15, -0.1) is 0 Å². The van der Waals surface area contributed by atoms with Crippen molar-refractivity contribution in [3.8, 4) is 0 Å². The van der Waals surface area contributed by atoms with Crippen molar-refractivity contribution >= 4 is 11.7 Å². The first kappa shape index (κ1) is 12.2. The first-order valence-electron chi connectivity index (χ1n) is 6.38. The van der Waals surface area contributed by atoms with Gasteiger partial charge in [0.25, 0.3) is 0 Å². The number of amides is 1. The summed E-state index contributed by atoms with van der Waals surface area (Å²) in [6.07, 6.45) is 4.91. The van der Waals surface area contributed by atoms with Gasteiger partial charge in [0.1, 0.15) is 0 Å². The Hall–Kier alpha value is -1.26. The maximum Gasteiger partial charge on any atom is 0.233 e. The fourth-order valence-corrected chi connectivity index (χ4v) is 1.97. The number of oxime groups is 1. The van der Waals surface area contributed by atoms with E-state index in [-0.39, 0.29) is 11.7 Å². The van der Waals surface area contributed by atoms with E-state index in [0.717, 1.165) is 13.1 Å². The van der Waals surface area contributed by atoms with Gasteiger partial charge < -0.3 is 15.8 Å². The van der Waals surface area contributed by atoms with Crippen molar-refractivity contribution in [2.75, 3.05) is 13.1 Å². The molecule has 0 spiro atoms. The largest absolute Gasteiger partial charge is 0.409 e. The van der Waals surface area contributed by atoms with Crippen LogP contribution in [0.3, 0.4) is 0 Å². The van der Waals surface area contributed by atoms with Gasteiger partial charge in [0.2, 0.25) is 5.91 Å². The van der Waals surface area contributed by atoms with Gasteiger partial charge in [-0.1, -0.05) is 5.16 Å². The molecule has 0 aromatic carbocycles. The molecule has 0 aliphatic heterocycles. The highest BCUT2D eigenvalue weighted by atomic mass is 16.4. The van der Waals surface area contributed by atoms with Crippen molar-refractivity contribution in [1.82, 2.24) is 4.90 Å². The third kappa shape index (κ3) is 3.35. The van der Waals surface area contributed by atoms with E-state index in [9.17, 15) is 4.79 Å². The lowest BCUT2D eigenvalue weighted by molar-refractivity contribution is -0.133. The minimum absolute atomic E-state index is 0.000833. The minimum atomic E-state index is -0.516. The molecular weight excluding hydrogens is 218 g/mol. The van der Waals surface area contributed by atoms with Crippen molar-refractivity contribution in [1.29, 1.82) is 0 Å². The van der Waals surface area contributed by atoms with Crippen molar-refractivity contribution in [2.24, 2.45) is 28.6 Å². The molecule has 5 nitrogen and oxygen atoms in total. The molecule has 17 heavy (non-hydrogen) atoms. The Morgan fingerprint density at radius 3 is 2.18 bits per heavy atom. The summed E-state index contributed by atoms with van der Waals surface area (Å²) in [4.78, 5) is 14.1. The number of carbonyl (C=O) groups excluding carboxylic acids is 1. The monoisotopic (exact) mass is 239 g/mol. The smallest absolute Gasteiger partial charge is 0.233 e. The van der Waals surface area contributed by atoms with Crippen molar-refractivity contribution < 1.29 is 10.0 Å². The van der Waals surface area contributed by atoms with Gasteiger partial charge in [-0.05, 0) is 44.4 Å². The van der Waals surface area contributed by atoms with Crippen LogP contribution in [0, 0.1) is 17.8 Å². The molecule has 0 bridgehead atoms. The molecule has 5 heteroatoms. The topological polar surface area (TPSA) is 78.9 Å². The summed E-state index contributed by atoms with van der Waals surface area (Å²) in [5, 5.41) is 11.5. The van der Waals surface area contributed by atoms with Crippen LogP contribution >= 0.6 is 0 Å². The predicted molar refractivity (Wildman–Crippen MR) is 64.6 cm³/mol. The van der Waals surface area contributed by atoms with E-state index in [1.165, 1.54) is 25.7 Å². The molecular formula is C12H21N3O2. The Labute approximate surface area is 102 Å². The normalized spacial score (nSPS) is 22.3. The lowest BCUT2D eigenvalue weighted by Gasteiger charge is -2.25. The molecule has 3 N–H and O–H groups in total. The van der Waals surface area contributed by atoms with Crippen LogP contribution in [0.25, 0.3) is 0 Å². The maximum atomic E-state index is 12.2. The molecule has 0 saturated heterocycles. The Morgan fingerprint density at radius 2 is 1.82 bits per heavy atom. The quantitative estimate of drug-likeness (QED) is 0.314. The number of carbonyl (C=O) groups is 1. The van der Waals surface area contributed by atoms with Gasteiger partial charge in [-0.2, -0.15) is 0 Å². The lowest BCUT2D eigenvalue weighted by atomic mass is 10.1. The molecule has 0 radical (unpaired) electrons. The number of nitrogens with two attached hydrogens (primary N) is 1. The molecule has 2 aliphatic rings. The van der Waals surface area contributed by atoms with E-state index in [1.807, 2.05) is 4.90 Å². The van der Waals surface area contributed by atoms with Crippen LogP contribution in [0.2, 0.25) is 0 Å². The molecule has 2 aliphatic carbocycles. The molecule has 0 heterocycles. The number of nitrogens with zero attached hydrogens (tertiary/aromatic N) is 2. The Kier molecular flexibility index (Phi) is 3.54. The average molecular weight is 239 g/mol. The SMILES string of the molecule is CC(C(=O)N(CC1CC1)CC1CC1)C(N)=NO. The van der Waals surface area contributed by atoms with Gasteiger partial charge in [0, 0.05) is 13.1 Å². The highest BCUT2D eigenvalue weighted by Gasteiger charge is 2.33. The second kappa shape index (κ2) is 4.94. The molecule has 1 amide bonds. The van der Waals surface area contributed by atoms with Gasteiger partial charge in [-0.3, -0.25) is 4.79 Å². The zero-order valence-electron chi connectivity index (χ0n) is 10.3. The van der Waals surface area contributed by atoms with Gasteiger partial charge >= 0.3 is 0 Å². The van der Waals surface area contributed by atoms with Crippen molar-refractivity contribution in [2.45, 2.75) is 32.6 Å². The molecule has 0 aromatic rings. The molecule has 96 valence electrons. The summed E-state index contributed by atoms with van der Waals surface area (Å²) in [6, 6.07) is 0. The third-order valence-electron chi connectivity index (χ3n) is 3.59. The number of rotatable bonds is 6. The summed E-state index contributed by atoms with van der Waals surface area (Å²) >= 11 is 0. The second-order valence-corrected chi connectivity index (χ2v) is 5.38. The maximum absolute atomic E-state index is 12.2. The predicted octanol–water partition coefficient (Wildman–Crippen LogP) is 1.02. The summed E-state index contributed by atoms with van der Waals surface area (Å²) in [5.74, 6) is 0.845. The highest BCUT2D eigenvalue weighted by Crippen LogP contribution is 2.34. The molecule has 1 atom stereocenters. The van der Waals surface area contributed by atoms with E-state index >= 15 is 0 Å². The van der Waals surface area contributed by atoms with Crippen LogP contribution in [0.5, 0.6) is 0 Å². The summed E-state index contributed by atoms with van der Waals surface area (Å²) in [6.45, 7) is 3.39. The van der Waals surface area contributed by atoms with E-state index in [2.05, 4.69) is 5.16 Å². The molecule has 1 unspecified atom stereocenters. The van der Waals surface area contributed by atoms with Gasteiger partial charge in [0.05, 0.1) is 5.92 Å². The third-order valence-corrected chi connectivity index (χ3v) is 3.59. The fraction of sp³-hybridized carbons (Fsp3) is 0.833. The molecule has 2 fully saturated rings. The van der Waals surface area contributed by atoms with E-state index in [4.69, 9.17) is 10.9 Å². The zero-order valence-corrected chi connectivity index (χ0v) is 10.3. The van der Waals surface area contributed by atoms with Crippen molar-refractivity contribution in [3.63, 3.8) is 0 Å². The fourth-order valence-electron chi connectivity index (χ4n) is 1.97. The van der Waals surface area contributed by atoms with Crippen LogP contribution in [0.15, 0.2) is 5.16 Å². The molecule has 0 aromatic heterocycles. The Bertz CT molecular complexity index is 308. The molecule has 2 saturated carbocycles. The first-order chi connectivity index (χ1) is 8.11. The van der Waals surface area contributed by atoms with Gasteiger partial charge in [-0.25, -0.2) is 0 Å². The second-order valence-electron chi connectivity index (χ2n) is 5.38. The number of hydrogen-bond acceptors (Lipinski definition) is 3. The molecule has 2 rings (SSSR count). The van der Waals surface area contributed by atoms with Crippen LogP contribution in [-0.4, -0.2) is 34.9 Å². The van der Waals surface area contributed by atoms with E-state index in [1.54, 1.807) is 6.92 Å². The van der Waals surface area contributed by atoms with Gasteiger partial charge in [0.15, 0.2) is 5.84 Å². The number of amidine groups is 1. The number of hydrogen-bond donors (Lipinski definition) is 2. The van der Waals surface area contributed by atoms with Crippen LogP contribution < -0.4 is 5.73 Å². The summed E-state index contributed by atoms with van der Waals surface area (Å²) in [7, 11) is 0. The van der Waals surface area contributed by atoms with Crippen molar-refractivity contribution in [3.05, 3.63) is 0 Å². The zero-order chi connectivity index (χ0) is 12.4. The van der Waals surface area contributed by atoms with Crippen LogP contribution in [0.1, 0.15) is 32.6 Å². The summed E-state index contributed by atoms with van der Waals surface area (Å²) < 4.78 is 0. The minimum Gasteiger partial charge on any atom is -0.409 e. The Morgan fingerprint density at radius 1 is 1.35 bits per heavy atom. The standard InChI is InChI=1S/C12H21N3O2/c1-8(11(13)14-17)12(16)15(6-9-2-3-9)7-10-4-5-10/h8-10,17H,2-7H2,1H3,(H2,13,14). The highest BCUT2D eigenvalue weighted by molar-refractivity contribution is 6.01. The first-order valence-corrected chi connectivity index (χ1v) is 6.38. The van der Waals surface area contributed by atoms with Crippen LogP contribution in [-0.2, 0) is 4.79 Å². The Balaban J connectivity index is 1.94. The van der Waals surface area contributed by atoms with E-state index in [0.29, 0.717) is 11.8 Å². The average Bonchev–Trinajstić information content (AvgIpc) is 3.19.